The summed E-state index contributed by atoms with van der Waals surface area (Å²) in [5.74, 6) is 0.0181. The molecule has 0 fully saturated rings. The summed E-state index contributed by atoms with van der Waals surface area (Å²) >= 11 is 1.54. The van der Waals surface area contributed by atoms with Crippen LogP contribution in [0, 0.1) is 6.92 Å². The van der Waals surface area contributed by atoms with Crippen molar-refractivity contribution in [2.75, 3.05) is 6.54 Å². The van der Waals surface area contributed by atoms with Gasteiger partial charge in [-0.25, -0.2) is 13.1 Å². The zero-order chi connectivity index (χ0) is 22.4. The van der Waals surface area contributed by atoms with Crippen LogP contribution in [0.2, 0.25) is 0 Å². The Labute approximate surface area is 180 Å². The summed E-state index contributed by atoms with van der Waals surface area (Å²) in [6.07, 6.45) is -5.70. The van der Waals surface area contributed by atoms with Crippen LogP contribution in [-0.2, 0) is 10.0 Å². The third-order valence-corrected chi connectivity index (χ3v) is 7.37. The van der Waals surface area contributed by atoms with E-state index >= 15 is 0 Å². The van der Waals surface area contributed by atoms with Crippen LogP contribution >= 0.6 is 11.3 Å². The van der Waals surface area contributed by atoms with E-state index in [0.717, 1.165) is 21.2 Å². The molecule has 2 heterocycles. The number of hydrogen-bond donors (Lipinski definition) is 2. The zero-order valence-corrected chi connectivity index (χ0v) is 17.8. The lowest BCUT2D eigenvalue weighted by Gasteiger charge is -2.13. The molecule has 0 spiro atoms. The number of phenols is 1. The Morgan fingerprint density at radius 3 is 2.48 bits per heavy atom. The molecule has 0 atom stereocenters. The third kappa shape index (κ3) is 4.23. The second-order valence-electron chi connectivity index (χ2n) is 7.00. The number of alkyl halides is 3. The van der Waals surface area contributed by atoms with Crippen molar-refractivity contribution >= 4 is 42.3 Å². The smallest absolute Gasteiger partial charge is 0.390 e. The Balaban J connectivity index is 1.75. The molecule has 0 bridgehead atoms. The molecule has 2 N–H and O–H groups in total. The highest BCUT2D eigenvalue weighted by Gasteiger charge is 2.27. The number of nitrogens with zero attached hydrogens (tertiary/aromatic N) is 1. The van der Waals surface area contributed by atoms with E-state index in [9.17, 15) is 26.7 Å². The van der Waals surface area contributed by atoms with Crippen LogP contribution in [0.1, 0.15) is 12.1 Å². The van der Waals surface area contributed by atoms with Crippen LogP contribution in [0.3, 0.4) is 0 Å². The van der Waals surface area contributed by atoms with Gasteiger partial charge >= 0.3 is 6.18 Å². The van der Waals surface area contributed by atoms with Gasteiger partial charge in [0, 0.05) is 22.9 Å². The predicted molar refractivity (Wildman–Crippen MR) is 115 cm³/mol. The van der Waals surface area contributed by atoms with Gasteiger partial charge in [-0.1, -0.05) is 12.1 Å². The van der Waals surface area contributed by atoms with Gasteiger partial charge < -0.3 is 5.11 Å². The molecule has 0 aliphatic heterocycles. The number of sulfonamides is 1. The summed E-state index contributed by atoms with van der Waals surface area (Å²) in [6, 6.07) is 10.8. The van der Waals surface area contributed by atoms with E-state index in [0.29, 0.717) is 16.6 Å². The lowest BCUT2D eigenvalue weighted by Crippen LogP contribution is -2.28. The highest BCUT2D eigenvalue weighted by Crippen LogP contribution is 2.41. The van der Waals surface area contributed by atoms with Crippen LogP contribution < -0.4 is 4.72 Å². The maximum Gasteiger partial charge on any atom is 0.390 e. The monoisotopic (exact) mass is 466 g/mol. The molecule has 4 aromatic rings. The molecule has 162 valence electrons. The van der Waals surface area contributed by atoms with Gasteiger partial charge in [-0.15, -0.1) is 11.3 Å². The van der Waals surface area contributed by atoms with Crippen LogP contribution in [0.5, 0.6) is 5.75 Å². The van der Waals surface area contributed by atoms with Gasteiger partial charge in [-0.05, 0) is 48.2 Å². The quantitative estimate of drug-likeness (QED) is 0.415. The standard InChI is InChI=1S/C21H17F3N2O3S2/c1-12-20-15(8-11-30-20)19-16(26-12)6-7-17(27)18(19)13-2-4-14(5-3-13)31(28,29)25-10-9-21(22,23)24/h2-8,11,25,27H,9-10H2,1H3. The van der Waals surface area contributed by atoms with E-state index in [1.165, 1.54) is 30.3 Å². The van der Waals surface area contributed by atoms with E-state index in [-0.39, 0.29) is 10.6 Å². The fourth-order valence-corrected chi connectivity index (χ4v) is 5.35. The Kier molecular flexibility index (Phi) is 5.40. The average Bonchev–Trinajstić information content (AvgIpc) is 3.18. The van der Waals surface area contributed by atoms with Gasteiger partial charge in [0.15, 0.2) is 0 Å². The Hall–Kier alpha value is -2.69. The number of rotatable bonds is 5. The van der Waals surface area contributed by atoms with E-state index in [2.05, 4.69) is 4.98 Å². The summed E-state index contributed by atoms with van der Waals surface area (Å²) in [5.41, 5.74) is 2.65. The fraction of sp³-hybridized carbons (Fsp3) is 0.190. The summed E-state index contributed by atoms with van der Waals surface area (Å²) in [5, 5.41) is 14.2. The van der Waals surface area contributed by atoms with Gasteiger partial charge in [0.05, 0.1) is 27.2 Å². The molecule has 2 aromatic heterocycles. The van der Waals surface area contributed by atoms with Crippen molar-refractivity contribution in [3.8, 4) is 16.9 Å². The van der Waals surface area contributed by atoms with Crippen LogP contribution in [0.25, 0.3) is 32.1 Å². The molecule has 2 aromatic carbocycles. The average molecular weight is 467 g/mol. The van der Waals surface area contributed by atoms with E-state index in [1.54, 1.807) is 17.4 Å². The van der Waals surface area contributed by atoms with Crippen molar-refractivity contribution in [1.29, 1.82) is 0 Å². The van der Waals surface area contributed by atoms with Crippen LogP contribution in [0.4, 0.5) is 13.2 Å². The van der Waals surface area contributed by atoms with E-state index in [4.69, 9.17) is 0 Å². The molecule has 0 aliphatic rings. The van der Waals surface area contributed by atoms with Gasteiger partial charge in [0.25, 0.3) is 0 Å². The number of aromatic hydroxyl groups is 1. The van der Waals surface area contributed by atoms with Gasteiger partial charge in [0.2, 0.25) is 10.0 Å². The Morgan fingerprint density at radius 1 is 1.10 bits per heavy atom. The molecule has 0 radical (unpaired) electrons. The number of nitrogens with one attached hydrogen (secondary N) is 1. The molecule has 0 unspecified atom stereocenters. The van der Waals surface area contributed by atoms with Crippen molar-refractivity contribution in [3.63, 3.8) is 0 Å². The molecule has 0 saturated carbocycles. The minimum atomic E-state index is -4.45. The molecule has 0 amide bonds. The SMILES string of the molecule is Cc1nc2ccc(O)c(-c3ccc(S(=O)(=O)NCCC(F)(F)F)cc3)c2c2ccsc12. The Morgan fingerprint density at radius 2 is 1.81 bits per heavy atom. The number of phenolic OH excluding ortho intramolecular Hbond substituents is 1. The molecular formula is C21H17F3N2O3S2. The van der Waals surface area contributed by atoms with Crippen molar-refractivity contribution < 1.29 is 26.7 Å². The number of thiophene rings is 1. The van der Waals surface area contributed by atoms with Crippen molar-refractivity contribution in [2.24, 2.45) is 0 Å². The minimum Gasteiger partial charge on any atom is -0.507 e. The highest BCUT2D eigenvalue weighted by molar-refractivity contribution is 7.89. The number of aromatic nitrogens is 1. The normalized spacial score (nSPS) is 12.6. The summed E-state index contributed by atoms with van der Waals surface area (Å²) in [4.78, 5) is 4.46. The van der Waals surface area contributed by atoms with Gasteiger partial charge in [0.1, 0.15) is 5.75 Å². The van der Waals surface area contributed by atoms with Gasteiger partial charge in [-0.3, -0.25) is 4.98 Å². The number of aryl methyl sites for hydroxylation is 1. The van der Waals surface area contributed by atoms with Gasteiger partial charge in [-0.2, -0.15) is 13.2 Å². The highest BCUT2D eigenvalue weighted by atomic mass is 32.2. The zero-order valence-electron chi connectivity index (χ0n) is 16.2. The summed E-state index contributed by atoms with van der Waals surface area (Å²) in [7, 11) is -4.09. The maximum atomic E-state index is 12.3. The minimum absolute atomic E-state index is 0.0181. The molecule has 10 heteroatoms. The van der Waals surface area contributed by atoms with Crippen LogP contribution in [0.15, 0.2) is 52.7 Å². The second kappa shape index (κ2) is 7.77. The number of hydrogen-bond acceptors (Lipinski definition) is 5. The molecule has 0 aliphatic carbocycles. The first-order valence-corrected chi connectivity index (χ1v) is 11.6. The number of pyridine rings is 1. The first-order chi connectivity index (χ1) is 14.6. The third-order valence-electron chi connectivity index (χ3n) is 4.87. The maximum absolute atomic E-state index is 12.3. The molecule has 31 heavy (non-hydrogen) atoms. The lowest BCUT2D eigenvalue weighted by atomic mass is 9.97. The molecule has 4 rings (SSSR count). The lowest BCUT2D eigenvalue weighted by molar-refractivity contribution is -0.132. The number of halogens is 3. The second-order valence-corrected chi connectivity index (χ2v) is 9.68. The predicted octanol–water partition coefficient (Wildman–Crippen LogP) is 5.36. The largest absolute Gasteiger partial charge is 0.507 e. The summed E-state index contributed by atoms with van der Waals surface area (Å²) in [6.45, 7) is 1.18. The van der Waals surface area contributed by atoms with Crippen molar-refractivity contribution in [2.45, 2.75) is 24.4 Å². The Bertz CT molecular complexity index is 1380. The first kappa shape index (κ1) is 21.5. The molecule has 5 nitrogen and oxygen atoms in total. The molecule has 0 saturated heterocycles. The first-order valence-electron chi connectivity index (χ1n) is 9.23. The fourth-order valence-electron chi connectivity index (χ4n) is 3.47. The summed E-state index contributed by atoms with van der Waals surface area (Å²) < 4.78 is 64.4. The van der Waals surface area contributed by atoms with E-state index < -0.39 is 29.2 Å². The number of fused-ring (bicyclic) bond motifs is 3. The van der Waals surface area contributed by atoms with Crippen molar-refractivity contribution in [1.82, 2.24) is 9.71 Å². The van der Waals surface area contributed by atoms with E-state index in [1.807, 2.05) is 23.1 Å². The van der Waals surface area contributed by atoms with Crippen LogP contribution in [-0.4, -0.2) is 31.2 Å². The molecular weight excluding hydrogens is 449 g/mol. The number of benzene rings is 2. The van der Waals surface area contributed by atoms with Crippen molar-refractivity contribution in [3.05, 3.63) is 53.5 Å². The topological polar surface area (TPSA) is 79.3 Å².